The van der Waals surface area contributed by atoms with Gasteiger partial charge in [-0.15, -0.1) is 0 Å². The Morgan fingerprint density at radius 1 is 1.22 bits per heavy atom. The van der Waals surface area contributed by atoms with Crippen molar-refractivity contribution in [2.24, 2.45) is 17.6 Å². The lowest BCUT2D eigenvalue weighted by atomic mass is 9.84. The molecule has 0 spiro atoms. The maximum atomic E-state index is 11.5. The molecule has 37 heavy (non-hydrogen) atoms. The highest BCUT2D eigenvalue weighted by Gasteiger charge is 2.20. The van der Waals surface area contributed by atoms with Crippen molar-refractivity contribution in [2.75, 3.05) is 21.0 Å². The average Bonchev–Trinajstić information content (AvgIpc) is 2.87. The number of nitrogens with two attached hydrogens (primary N) is 1. The van der Waals surface area contributed by atoms with Crippen LogP contribution in [0.2, 0.25) is 0 Å². The van der Waals surface area contributed by atoms with Gasteiger partial charge in [-0.3, -0.25) is 14.4 Å². The normalized spacial score (nSPS) is 17.7. The van der Waals surface area contributed by atoms with Gasteiger partial charge in [0.05, 0.1) is 13.2 Å². The molecular weight excluding hydrogens is 480 g/mol. The van der Waals surface area contributed by atoms with Crippen molar-refractivity contribution >= 4 is 17.8 Å². The zero-order chi connectivity index (χ0) is 28.2. The quantitative estimate of drug-likeness (QED) is 0.352. The van der Waals surface area contributed by atoms with Crippen LogP contribution in [0.5, 0.6) is 11.5 Å². The molecule has 1 aliphatic heterocycles. The number of aliphatic hydroxyl groups excluding tert-OH is 1. The number of cyclic esters (lactones) is 1. The third-order valence-electron chi connectivity index (χ3n) is 6.10. The topological polar surface area (TPSA) is 147 Å². The van der Waals surface area contributed by atoms with E-state index in [4.69, 9.17) is 25.1 Å². The largest absolute Gasteiger partial charge is 0.493 e. The summed E-state index contributed by atoms with van der Waals surface area (Å²) in [6.07, 6.45) is 11.8. The molecule has 1 saturated heterocycles. The van der Waals surface area contributed by atoms with Gasteiger partial charge in [-0.05, 0) is 38.0 Å². The van der Waals surface area contributed by atoms with Crippen LogP contribution in [0.1, 0.15) is 96.0 Å². The first-order chi connectivity index (χ1) is 17.7. The van der Waals surface area contributed by atoms with Crippen molar-refractivity contribution in [3.8, 4) is 11.5 Å². The lowest BCUT2D eigenvalue weighted by Crippen LogP contribution is -2.21. The van der Waals surface area contributed by atoms with E-state index >= 15 is 0 Å². The Balaban J connectivity index is 0.000000657. The predicted molar refractivity (Wildman–Crippen MR) is 140 cm³/mol. The van der Waals surface area contributed by atoms with Crippen molar-refractivity contribution in [3.05, 3.63) is 18.0 Å². The Morgan fingerprint density at radius 3 is 2.46 bits per heavy atom. The van der Waals surface area contributed by atoms with Crippen LogP contribution in [-0.4, -0.2) is 55.1 Å². The first kappa shape index (κ1) is 34.1. The number of esters is 2. The summed E-state index contributed by atoms with van der Waals surface area (Å²) in [4.78, 5) is 37.0. The van der Waals surface area contributed by atoms with Gasteiger partial charge in [-0.25, -0.2) is 4.98 Å². The van der Waals surface area contributed by atoms with E-state index in [0.717, 1.165) is 31.8 Å². The molecule has 2 heterocycles. The second-order valence-corrected chi connectivity index (χ2v) is 8.87. The monoisotopic (exact) mass is 526 g/mol. The molecule has 1 aliphatic rings. The second-order valence-electron chi connectivity index (χ2n) is 8.87. The molecule has 1 fully saturated rings. The minimum Gasteiger partial charge on any atom is -0.493 e. The molecule has 0 bridgehead atoms. The standard InChI is InChI=1S/C16H30O2.C10H12N2O5.CH4O/c1-4-14(5-2)12-15-9-7-6-8-10-16(17)18-13(3)11-15;1-6(13)16-5-17-9-7(15-2)3-4-12-8(9)10(11)14;1-2/h13-15H,4-12H2,1-3H3;3-4H,5H2,1-2H3,(H2,11,14);2H,1H3. The van der Waals surface area contributed by atoms with E-state index in [1.807, 2.05) is 0 Å². The highest BCUT2D eigenvalue weighted by molar-refractivity contribution is 5.94. The fraction of sp³-hybridized carbons (Fsp3) is 0.704. The molecule has 1 aromatic heterocycles. The van der Waals surface area contributed by atoms with Crippen molar-refractivity contribution in [2.45, 2.75) is 91.6 Å². The Labute approximate surface area is 221 Å². The van der Waals surface area contributed by atoms with E-state index in [-0.39, 0.29) is 36.1 Å². The molecule has 0 aromatic carbocycles. The molecule has 212 valence electrons. The van der Waals surface area contributed by atoms with Crippen LogP contribution in [0.3, 0.4) is 0 Å². The molecule has 0 aliphatic carbocycles. The zero-order valence-corrected chi connectivity index (χ0v) is 23.3. The number of carbonyl (C=O) groups is 3. The summed E-state index contributed by atoms with van der Waals surface area (Å²) in [6, 6.07) is 1.50. The van der Waals surface area contributed by atoms with Gasteiger partial charge >= 0.3 is 11.9 Å². The molecule has 1 aromatic rings. The summed E-state index contributed by atoms with van der Waals surface area (Å²) < 4.78 is 20.1. The van der Waals surface area contributed by atoms with Gasteiger partial charge in [0.25, 0.3) is 5.91 Å². The number of pyridine rings is 1. The first-order valence-electron chi connectivity index (χ1n) is 12.9. The maximum absolute atomic E-state index is 11.5. The van der Waals surface area contributed by atoms with Gasteiger partial charge in [0.1, 0.15) is 0 Å². The van der Waals surface area contributed by atoms with Crippen LogP contribution < -0.4 is 15.2 Å². The van der Waals surface area contributed by atoms with E-state index in [2.05, 4.69) is 30.5 Å². The van der Waals surface area contributed by atoms with Crippen LogP contribution >= 0.6 is 0 Å². The van der Waals surface area contributed by atoms with E-state index in [1.54, 1.807) is 0 Å². The summed E-state index contributed by atoms with van der Waals surface area (Å²) in [5.74, 6) is 0.655. The number of carbonyl (C=O) groups excluding carboxylic acids is 3. The summed E-state index contributed by atoms with van der Waals surface area (Å²) in [7, 11) is 2.40. The SMILES string of the molecule is CCC(CC)CC1CCCCCC(=O)OC(C)C1.CO.COc1ccnc(C(N)=O)c1OCOC(C)=O. The fourth-order valence-corrected chi connectivity index (χ4v) is 4.18. The molecule has 2 rings (SSSR count). The summed E-state index contributed by atoms with van der Waals surface area (Å²) in [5.41, 5.74) is 5.04. The van der Waals surface area contributed by atoms with Gasteiger partial charge in [0.2, 0.25) is 6.79 Å². The zero-order valence-electron chi connectivity index (χ0n) is 23.3. The van der Waals surface area contributed by atoms with E-state index in [0.29, 0.717) is 6.42 Å². The molecule has 2 atom stereocenters. The Hall–Kier alpha value is -2.88. The van der Waals surface area contributed by atoms with Crippen molar-refractivity contribution in [3.63, 3.8) is 0 Å². The highest BCUT2D eigenvalue weighted by Crippen LogP contribution is 2.30. The molecule has 3 N–H and O–H groups in total. The number of aliphatic hydroxyl groups is 1. The van der Waals surface area contributed by atoms with Crippen LogP contribution in [0.15, 0.2) is 12.3 Å². The predicted octanol–water partition coefficient (Wildman–Crippen LogP) is 4.41. The second kappa shape index (κ2) is 20.2. The van der Waals surface area contributed by atoms with E-state index < -0.39 is 11.9 Å². The van der Waals surface area contributed by atoms with Crippen LogP contribution in [0, 0.1) is 11.8 Å². The number of amides is 1. The van der Waals surface area contributed by atoms with Gasteiger partial charge in [0, 0.05) is 32.7 Å². The van der Waals surface area contributed by atoms with Crippen LogP contribution in [0.4, 0.5) is 0 Å². The van der Waals surface area contributed by atoms with Crippen molar-refractivity contribution in [1.82, 2.24) is 4.98 Å². The maximum Gasteiger partial charge on any atom is 0.306 e. The summed E-state index contributed by atoms with van der Waals surface area (Å²) in [6.45, 7) is 7.52. The smallest absolute Gasteiger partial charge is 0.306 e. The molecule has 1 amide bonds. The minimum absolute atomic E-state index is 0.00526. The summed E-state index contributed by atoms with van der Waals surface area (Å²) in [5, 5.41) is 7.00. The number of aromatic nitrogens is 1. The third kappa shape index (κ3) is 14.4. The van der Waals surface area contributed by atoms with Crippen molar-refractivity contribution < 1.29 is 38.4 Å². The number of primary amides is 1. The van der Waals surface area contributed by atoms with E-state index in [9.17, 15) is 14.4 Å². The first-order valence-corrected chi connectivity index (χ1v) is 12.9. The Morgan fingerprint density at radius 2 is 1.89 bits per heavy atom. The van der Waals surface area contributed by atoms with Crippen LogP contribution in [-0.2, 0) is 19.1 Å². The number of methoxy groups -OCH3 is 1. The van der Waals surface area contributed by atoms with Gasteiger partial charge in [0.15, 0.2) is 17.2 Å². The number of ether oxygens (including phenoxy) is 4. The number of nitrogens with zero attached hydrogens (tertiary/aromatic N) is 1. The van der Waals surface area contributed by atoms with Crippen molar-refractivity contribution in [1.29, 1.82) is 0 Å². The minimum atomic E-state index is -0.762. The van der Waals surface area contributed by atoms with Gasteiger partial charge in [-0.2, -0.15) is 0 Å². The van der Waals surface area contributed by atoms with Crippen LogP contribution in [0.25, 0.3) is 0 Å². The fourth-order valence-electron chi connectivity index (χ4n) is 4.18. The molecule has 2 unspecified atom stereocenters. The molecule has 10 heteroatoms. The number of hydrogen-bond acceptors (Lipinski definition) is 9. The number of rotatable bonds is 9. The molecule has 10 nitrogen and oxygen atoms in total. The van der Waals surface area contributed by atoms with Gasteiger partial charge < -0.3 is 29.8 Å². The molecular formula is C27H46N2O8. The highest BCUT2D eigenvalue weighted by atomic mass is 16.7. The Bertz CT molecular complexity index is 799. The molecule has 0 radical (unpaired) electrons. The Kier molecular flexibility index (Phi) is 18.6. The van der Waals surface area contributed by atoms with E-state index in [1.165, 1.54) is 64.8 Å². The van der Waals surface area contributed by atoms with Gasteiger partial charge in [-0.1, -0.05) is 46.0 Å². The lowest BCUT2D eigenvalue weighted by molar-refractivity contribution is -0.149. The molecule has 0 saturated carbocycles. The lowest BCUT2D eigenvalue weighted by Gasteiger charge is -2.26. The number of hydrogen-bond donors (Lipinski definition) is 2. The average molecular weight is 527 g/mol. The third-order valence-corrected chi connectivity index (χ3v) is 6.10. The summed E-state index contributed by atoms with van der Waals surface area (Å²) >= 11 is 0.